The highest BCUT2D eigenvalue weighted by Crippen LogP contribution is 2.36. The minimum Gasteiger partial charge on any atom is -0.478 e. The fourth-order valence-electron chi connectivity index (χ4n) is 2.57. The first-order valence-corrected chi connectivity index (χ1v) is 8.00. The number of benzene rings is 1. The number of aryl methyl sites for hydroxylation is 1. The van der Waals surface area contributed by atoms with E-state index in [1.165, 1.54) is 0 Å². The van der Waals surface area contributed by atoms with Gasteiger partial charge in [0.25, 0.3) is 0 Å². The van der Waals surface area contributed by atoms with Crippen LogP contribution in [0.25, 0.3) is 0 Å². The second-order valence-corrected chi connectivity index (χ2v) is 6.99. The van der Waals surface area contributed by atoms with Gasteiger partial charge in [-0.2, -0.15) is 0 Å². The van der Waals surface area contributed by atoms with E-state index < -0.39 is 24.3 Å². The highest BCUT2D eigenvalue weighted by molar-refractivity contribution is 6.62. The van der Waals surface area contributed by atoms with Gasteiger partial charge in [0, 0.05) is 0 Å². The quantitative estimate of drug-likeness (QED) is 0.497. The zero-order valence-corrected chi connectivity index (χ0v) is 14.4. The molecule has 23 heavy (non-hydrogen) atoms. The number of hydrogen-bond donors (Lipinski definition) is 1. The van der Waals surface area contributed by atoms with Crippen molar-refractivity contribution >= 4 is 18.6 Å². The van der Waals surface area contributed by atoms with E-state index >= 15 is 0 Å². The van der Waals surface area contributed by atoms with Crippen LogP contribution in [0.3, 0.4) is 0 Å². The molecule has 0 radical (unpaired) electrons. The molecule has 0 atom stereocenters. The van der Waals surface area contributed by atoms with Gasteiger partial charge in [-0.25, -0.2) is 4.79 Å². The van der Waals surface area contributed by atoms with Crippen LogP contribution < -0.4 is 5.46 Å². The largest absolute Gasteiger partial charge is 0.494 e. The van der Waals surface area contributed by atoms with Gasteiger partial charge in [0.15, 0.2) is 0 Å². The Balaban J connectivity index is 2.26. The fraction of sp³-hybridized carbons (Fsp3) is 0.500. The summed E-state index contributed by atoms with van der Waals surface area (Å²) in [4.78, 5) is 11.6. The van der Waals surface area contributed by atoms with E-state index in [0.29, 0.717) is 5.56 Å². The first kappa shape index (κ1) is 17.8. The Kier molecular flexibility index (Phi) is 5.02. The molecule has 0 saturated carbocycles. The summed E-state index contributed by atoms with van der Waals surface area (Å²) in [6.07, 6.45) is 4.33. The Hall–Kier alpha value is -1.59. The molecule has 0 aromatic heterocycles. The van der Waals surface area contributed by atoms with Crippen LogP contribution in [0, 0.1) is 0 Å². The second-order valence-electron chi connectivity index (χ2n) is 6.99. The van der Waals surface area contributed by atoms with Crippen LogP contribution in [-0.2, 0) is 15.7 Å². The highest BCUT2D eigenvalue weighted by Gasteiger charge is 2.51. The molecule has 1 aromatic rings. The lowest BCUT2D eigenvalue weighted by molar-refractivity contribution is 0.00578. The topological polar surface area (TPSA) is 55.8 Å². The van der Waals surface area contributed by atoms with Crippen molar-refractivity contribution in [2.75, 3.05) is 0 Å². The van der Waals surface area contributed by atoms with Crippen molar-refractivity contribution in [2.45, 2.75) is 58.2 Å². The third-order valence-electron chi connectivity index (χ3n) is 4.74. The Morgan fingerprint density at radius 3 is 2.39 bits per heavy atom. The SMILES string of the molecule is C=CCCCc1ccc(B2OC(C)(C)C(C)(C)O2)cc1C(=O)O. The van der Waals surface area contributed by atoms with Gasteiger partial charge in [-0.05, 0) is 64.1 Å². The number of allylic oxidation sites excluding steroid dienone is 1. The molecule has 1 aliphatic rings. The summed E-state index contributed by atoms with van der Waals surface area (Å²) in [5, 5.41) is 9.49. The minimum atomic E-state index is -0.919. The van der Waals surface area contributed by atoms with E-state index in [4.69, 9.17) is 9.31 Å². The Labute approximate surface area is 138 Å². The summed E-state index contributed by atoms with van der Waals surface area (Å²) in [5.74, 6) is -0.919. The van der Waals surface area contributed by atoms with Crippen molar-refractivity contribution in [1.82, 2.24) is 0 Å². The monoisotopic (exact) mass is 316 g/mol. The van der Waals surface area contributed by atoms with Gasteiger partial charge < -0.3 is 14.4 Å². The van der Waals surface area contributed by atoms with Gasteiger partial charge in [-0.15, -0.1) is 6.58 Å². The Morgan fingerprint density at radius 2 is 1.87 bits per heavy atom. The van der Waals surface area contributed by atoms with E-state index in [9.17, 15) is 9.90 Å². The van der Waals surface area contributed by atoms with Crippen molar-refractivity contribution < 1.29 is 19.2 Å². The average Bonchev–Trinajstić information content (AvgIpc) is 2.67. The number of aromatic carboxylic acids is 1. The molecule has 0 spiro atoms. The minimum absolute atomic E-state index is 0.321. The molecule has 1 heterocycles. The molecule has 1 fully saturated rings. The fourth-order valence-corrected chi connectivity index (χ4v) is 2.57. The summed E-state index contributed by atoms with van der Waals surface area (Å²) in [6.45, 7) is 11.6. The van der Waals surface area contributed by atoms with Crippen LogP contribution in [-0.4, -0.2) is 29.4 Å². The maximum atomic E-state index is 11.6. The Bertz CT molecular complexity index is 591. The van der Waals surface area contributed by atoms with Crippen molar-refractivity contribution in [2.24, 2.45) is 0 Å². The third kappa shape index (κ3) is 3.67. The molecule has 4 nitrogen and oxygen atoms in total. The average molecular weight is 316 g/mol. The van der Waals surface area contributed by atoms with Crippen molar-refractivity contribution in [3.63, 3.8) is 0 Å². The van der Waals surface area contributed by atoms with Crippen LogP contribution in [0.15, 0.2) is 30.9 Å². The van der Waals surface area contributed by atoms with Gasteiger partial charge in [0.1, 0.15) is 0 Å². The number of carbonyl (C=O) groups is 1. The molecule has 0 bridgehead atoms. The number of carboxylic acids is 1. The molecular weight excluding hydrogens is 291 g/mol. The van der Waals surface area contributed by atoms with Gasteiger partial charge in [-0.3, -0.25) is 0 Å². The van der Waals surface area contributed by atoms with Crippen LogP contribution in [0.5, 0.6) is 0 Å². The molecule has 1 aliphatic heterocycles. The molecule has 2 rings (SSSR count). The van der Waals surface area contributed by atoms with Crippen LogP contribution in [0.1, 0.15) is 56.5 Å². The molecule has 0 unspecified atom stereocenters. The van der Waals surface area contributed by atoms with E-state index in [1.54, 1.807) is 6.07 Å². The molecular formula is C18H25BO4. The van der Waals surface area contributed by atoms with E-state index in [2.05, 4.69) is 6.58 Å². The number of rotatable bonds is 6. The van der Waals surface area contributed by atoms with Crippen LogP contribution >= 0.6 is 0 Å². The van der Waals surface area contributed by atoms with E-state index in [1.807, 2.05) is 45.9 Å². The van der Waals surface area contributed by atoms with Gasteiger partial charge in [0.05, 0.1) is 16.8 Å². The first-order chi connectivity index (χ1) is 10.7. The predicted molar refractivity (Wildman–Crippen MR) is 92.3 cm³/mol. The van der Waals surface area contributed by atoms with Crippen molar-refractivity contribution in [3.8, 4) is 0 Å². The summed E-state index contributed by atoms with van der Waals surface area (Å²) >= 11 is 0. The van der Waals surface area contributed by atoms with Crippen LogP contribution in [0.4, 0.5) is 0 Å². The Morgan fingerprint density at radius 1 is 1.26 bits per heavy atom. The lowest BCUT2D eigenvalue weighted by Gasteiger charge is -2.32. The normalized spacial score (nSPS) is 18.9. The standard InChI is InChI=1S/C18H25BO4/c1-6-7-8-9-13-10-11-14(12-15(13)16(20)21)19-22-17(2,3)18(4,5)23-19/h6,10-12H,1,7-9H2,2-5H3,(H,20,21). The molecule has 1 N–H and O–H groups in total. The predicted octanol–water partition coefficient (Wildman–Crippen LogP) is 3.19. The maximum absolute atomic E-state index is 11.6. The molecule has 1 aromatic carbocycles. The molecule has 5 heteroatoms. The van der Waals surface area contributed by atoms with Crippen LogP contribution in [0.2, 0.25) is 0 Å². The van der Waals surface area contributed by atoms with Crippen molar-refractivity contribution in [1.29, 1.82) is 0 Å². The van der Waals surface area contributed by atoms with Gasteiger partial charge >= 0.3 is 13.1 Å². The zero-order valence-electron chi connectivity index (χ0n) is 14.4. The molecule has 1 saturated heterocycles. The highest BCUT2D eigenvalue weighted by atomic mass is 16.7. The summed E-state index contributed by atoms with van der Waals surface area (Å²) in [5.41, 5.74) is 1.02. The zero-order chi connectivity index (χ0) is 17.3. The number of hydrogen-bond acceptors (Lipinski definition) is 3. The molecule has 124 valence electrons. The second kappa shape index (κ2) is 6.50. The number of carboxylic acid groups (broad SMARTS) is 1. The van der Waals surface area contributed by atoms with Gasteiger partial charge in [0.2, 0.25) is 0 Å². The third-order valence-corrected chi connectivity index (χ3v) is 4.74. The smallest absolute Gasteiger partial charge is 0.478 e. The lowest BCUT2D eigenvalue weighted by Crippen LogP contribution is -2.41. The van der Waals surface area contributed by atoms with Crippen molar-refractivity contribution in [3.05, 3.63) is 42.0 Å². The van der Waals surface area contributed by atoms with E-state index in [-0.39, 0.29) is 0 Å². The molecule has 0 amide bonds. The van der Waals surface area contributed by atoms with Gasteiger partial charge in [-0.1, -0.05) is 18.2 Å². The summed E-state index contributed by atoms with van der Waals surface area (Å²) < 4.78 is 12.0. The number of unbranched alkanes of at least 4 members (excludes halogenated alkanes) is 1. The maximum Gasteiger partial charge on any atom is 0.494 e. The van der Waals surface area contributed by atoms with E-state index in [0.717, 1.165) is 30.3 Å². The molecule has 0 aliphatic carbocycles. The summed E-state index contributed by atoms with van der Waals surface area (Å²) in [6, 6.07) is 5.44. The first-order valence-electron chi connectivity index (χ1n) is 8.00. The summed E-state index contributed by atoms with van der Waals surface area (Å²) in [7, 11) is -0.541. The lowest BCUT2D eigenvalue weighted by atomic mass is 9.77.